The van der Waals surface area contributed by atoms with Crippen molar-refractivity contribution in [1.82, 2.24) is 5.32 Å². The van der Waals surface area contributed by atoms with Gasteiger partial charge in [0.15, 0.2) is 11.6 Å². The summed E-state index contributed by atoms with van der Waals surface area (Å²) in [6.45, 7) is 1.81. The van der Waals surface area contributed by atoms with Gasteiger partial charge in [-0.1, -0.05) is 12.1 Å². The second-order valence-corrected chi connectivity index (χ2v) is 4.21. The summed E-state index contributed by atoms with van der Waals surface area (Å²) in [5.41, 5.74) is 0.0561. The van der Waals surface area contributed by atoms with Crippen LogP contribution in [0.5, 0.6) is 0 Å². The van der Waals surface area contributed by atoms with E-state index in [0.29, 0.717) is 12.3 Å². The highest BCUT2D eigenvalue weighted by Gasteiger charge is 2.13. The fraction of sp³-hybridized carbons (Fsp3) is 0.417. The molecule has 0 radical (unpaired) electrons. The highest BCUT2D eigenvalue weighted by atomic mass is 35.5. The summed E-state index contributed by atoms with van der Waals surface area (Å²) in [5.74, 6) is -1.81. The minimum Gasteiger partial charge on any atom is -0.353 e. The zero-order valence-electron chi connectivity index (χ0n) is 9.47. The van der Waals surface area contributed by atoms with E-state index in [4.69, 9.17) is 11.6 Å². The van der Waals surface area contributed by atoms with Crippen molar-refractivity contribution in [2.24, 2.45) is 0 Å². The van der Waals surface area contributed by atoms with Crippen LogP contribution in [0.4, 0.5) is 8.78 Å². The third-order valence-corrected chi connectivity index (χ3v) is 2.55. The van der Waals surface area contributed by atoms with Crippen molar-refractivity contribution in [3.05, 3.63) is 35.4 Å². The lowest BCUT2D eigenvalue weighted by Gasteiger charge is -2.12. The van der Waals surface area contributed by atoms with Gasteiger partial charge in [-0.3, -0.25) is 4.79 Å². The number of hydrogen-bond donors (Lipinski definition) is 1. The lowest BCUT2D eigenvalue weighted by Crippen LogP contribution is -2.34. The van der Waals surface area contributed by atoms with Gasteiger partial charge in [0.25, 0.3) is 0 Å². The summed E-state index contributed by atoms with van der Waals surface area (Å²) in [7, 11) is 0. The van der Waals surface area contributed by atoms with Crippen LogP contribution in [0.25, 0.3) is 0 Å². The predicted octanol–water partition coefficient (Wildman–Crippen LogP) is 2.64. The molecular formula is C12H14ClF2NO. The van der Waals surface area contributed by atoms with Gasteiger partial charge in [0, 0.05) is 17.5 Å². The smallest absolute Gasteiger partial charge is 0.224 e. The van der Waals surface area contributed by atoms with Crippen molar-refractivity contribution < 1.29 is 13.6 Å². The van der Waals surface area contributed by atoms with E-state index in [-0.39, 0.29) is 23.9 Å². The van der Waals surface area contributed by atoms with Crippen LogP contribution in [-0.2, 0) is 11.2 Å². The molecule has 0 fully saturated rings. The third kappa shape index (κ3) is 4.30. The Morgan fingerprint density at radius 3 is 2.82 bits per heavy atom. The zero-order valence-corrected chi connectivity index (χ0v) is 10.2. The molecule has 0 aliphatic rings. The minimum atomic E-state index is -0.965. The first kappa shape index (κ1) is 13.9. The van der Waals surface area contributed by atoms with Crippen LogP contribution in [-0.4, -0.2) is 17.8 Å². The average Bonchev–Trinajstić information content (AvgIpc) is 2.25. The Bertz CT molecular complexity index is 398. The van der Waals surface area contributed by atoms with Gasteiger partial charge >= 0.3 is 0 Å². The van der Waals surface area contributed by atoms with Gasteiger partial charge in [-0.25, -0.2) is 8.78 Å². The highest BCUT2D eigenvalue weighted by molar-refractivity contribution is 6.17. The monoisotopic (exact) mass is 261 g/mol. The van der Waals surface area contributed by atoms with Crippen molar-refractivity contribution in [2.45, 2.75) is 25.8 Å². The van der Waals surface area contributed by atoms with E-state index in [2.05, 4.69) is 5.32 Å². The first-order valence-corrected chi connectivity index (χ1v) is 5.86. The predicted molar refractivity (Wildman–Crippen MR) is 63.0 cm³/mol. The normalized spacial score (nSPS) is 12.2. The molecule has 0 saturated carbocycles. The summed E-state index contributed by atoms with van der Waals surface area (Å²) >= 11 is 5.53. The summed E-state index contributed by atoms with van der Waals surface area (Å²) in [6.07, 6.45) is 0.467. The summed E-state index contributed by atoms with van der Waals surface area (Å²) in [4.78, 5) is 11.5. The van der Waals surface area contributed by atoms with E-state index in [1.807, 2.05) is 6.92 Å². The molecule has 0 saturated heterocycles. The molecular weight excluding hydrogens is 248 g/mol. The molecule has 2 nitrogen and oxygen atoms in total. The molecule has 1 aromatic carbocycles. The Hall–Kier alpha value is -1.16. The molecule has 0 aliphatic heterocycles. The van der Waals surface area contributed by atoms with Gasteiger partial charge in [0.05, 0.1) is 6.42 Å². The van der Waals surface area contributed by atoms with E-state index in [9.17, 15) is 13.6 Å². The minimum absolute atomic E-state index is 0.0561. The van der Waals surface area contributed by atoms with E-state index < -0.39 is 11.6 Å². The largest absolute Gasteiger partial charge is 0.353 e. The maximum absolute atomic E-state index is 13.3. The van der Waals surface area contributed by atoms with Gasteiger partial charge in [0.1, 0.15) is 0 Å². The van der Waals surface area contributed by atoms with Crippen LogP contribution in [0.2, 0.25) is 0 Å². The van der Waals surface area contributed by atoms with E-state index in [1.54, 1.807) is 0 Å². The first-order chi connectivity index (χ1) is 8.04. The van der Waals surface area contributed by atoms with Crippen LogP contribution in [0.1, 0.15) is 18.9 Å². The fourth-order valence-corrected chi connectivity index (χ4v) is 1.75. The molecule has 5 heteroatoms. The lowest BCUT2D eigenvalue weighted by atomic mass is 10.1. The number of alkyl halides is 1. The number of amides is 1. The van der Waals surface area contributed by atoms with Crippen molar-refractivity contribution in [2.75, 3.05) is 5.88 Å². The quantitative estimate of drug-likeness (QED) is 0.811. The molecule has 94 valence electrons. The molecule has 17 heavy (non-hydrogen) atoms. The van der Waals surface area contributed by atoms with E-state index >= 15 is 0 Å². The van der Waals surface area contributed by atoms with Gasteiger partial charge in [-0.2, -0.15) is 0 Å². The SMILES string of the molecule is CC(CCCl)NC(=O)Cc1cccc(F)c1F. The molecule has 1 aromatic rings. The second-order valence-electron chi connectivity index (χ2n) is 3.84. The van der Waals surface area contributed by atoms with Crippen molar-refractivity contribution in [1.29, 1.82) is 0 Å². The maximum Gasteiger partial charge on any atom is 0.224 e. The molecule has 1 amide bonds. The van der Waals surface area contributed by atoms with Crippen LogP contribution < -0.4 is 5.32 Å². The molecule has 0 bridgehead atoms. The number of carbonyl (C=O) groups excluding carboxylic acids is 1. The van der Waals surface area contributed by atoms with E-state index in [1.165, 1.54) is 12.1 Å². The first-order valence-electron chi connectivity index (χ1n) is 5.32. The standard InChI is InChI=1S/C12H14ClF2NO/c1-8(5-6-13)16-11(17)7-9-3-2-4-10(14)12(9)15/h2-4,8H,5-7H2,1H3,(H,16,17). The van der Waals surface area contributed by atoms with Crippen LogP contribution in [0.15, 0.2) is 18.2 Å². The molecule has 0 aromatic heterocycles. The Morgan fingerprint density at radius 2 is 2.18 bits per heavy atom. The van der Waals surface area contributed by atoms with Gasteiger partial charge in [0.2, 0.25) is 5.91 Å². The zero-order chi connectivity index (χ0) is 12.8. The molecule has 0 heterocycles. The molecule has 0 spiro atoms. The number of benzene rings is 1. The van der Waals surface area contributed by atoms with Crippen LogP contribution in [0.3, 0.4) is 0 Å². The summed E-state index contributed by atoms with van der Waals surface area (Å²) in [6, 6.07) is 3.72. The molecule has 1 unspecified atom stereocenters. The summed E-state index contributed by atoms with van der Waals surface area (Å²) in [5, 5.41) is 2.66. The highest BCUT2D eigenvalue weighted by Crippen LogP contribution is 2.11. The third-order valence-electron chi connectivity index (χ3n) is 2.33. The van der Waals surface area contributed by atoms with Gasteiger partial charge in [-0.05, 0) is 19.4 Å². The average molecular weight is 262 g/mol. The van der Waals surface area contributed by atoms with E-state index in [0.717, 1.165) is 6.07 Å². The number of halogens is 3. The molecule has 1 atom stereocenters. The molecule has 1 N–H and O–H groups in total. The number of rotatable bonds is 5. The molecule has 0 aliphatic carbocycles. The fourth-order valence-electron chi connectivity index (χ4n) is 1.42. The van der Waals surface area contributed by atoms with Gasteiger partial charge in [-0.15, -0.1) is 11.6 Å². The van der Waals surface area contributed by atoms with Gasteiger partial charge < -0.3 is 5.32 Å². The van der Waals surface area contributed by atoms with Crippen molar-refractivity contribution in [3.8, 4) is 0 Å². The maximum atomic E-state index is 13.3. The Kier molecular flexibility index (Phi) is 5.35. The topological polar surface area (TPSA) is 29.1 Å². The Balaban J connectivity index is 2.59. The lowest BCUT2D eigenvalue weighted by molar-refractivity contribution is -0.121. The second kappa shape index (κ2) is 6.55. The Labute approximate surface area is 104 Å². The Morgan fingerprint density at radius 1 is 1.47 bits per heavy atom. The number of hydrogen-bond acceptors (Lipinski definition) is 1. The number of nitrogens with one attached hydrogen (secondary N) is 1. The van der Waals surface area contributed by atoms with Crippen LogP contribution in [0, 0.1) is 11.6 Å². The molecule has 1 rings (SSSR count). The number of carbonyl (C=O) groups is 1. The van der Waals surface area contributed by atoms with Crippen molar-refractivity contribution >= 4 is 17.5 Å². The van der Waals surface area contributed by atoms with Crippen molar-refractivity contribution in [3.63, 3.8) is 0 Å². The summed E-state index contributed by atoms with van der Waals surface area (Å²) < 4.78 is 26.2. The van der Waals surface area contributed by atoms with Crippen LogP contribution >= 0.6 is 11.6 Å².